The minimum absolute atomic E-state index is 0.0101. The Labute approximate surface area is 152 Å². The average molecular weight is 354 g/mol. The molecule has 0 N–H and O–H groups in total. The van der Waals surface area contributed by atoms with Gasteiger partial charge in [-0.1, -0.05) is 5.16 Å². The Hall–Kier alpha value is -2.70. The van der Waals surface area contributed by atoms with Crippen LogP contribution in [0.1, 0.15) is 45.0 Å². The summed E-state index contributed by atoms with van der Waals surface area (Å²) < 4.78 is 5.17. The molecule has 0 spiro atoms. The first-order valence-electron chi connectivity index (χ1n) is 8.97. The van der Waals surface area contributed by atoms with Crippen molar-refractivity contribution in [1.29, 1.82) is 0 Å². The molecule has 0 aromatic carbocycles. The Morgan fingerprint density at radius 1 is 1.08 bits per heavy atom. The Morgan fingerprint density at radius 2 is 1.85 bits per heavy atom. The molecule has 2 aromatic heterocycles. The minimum Gasteiger partial charge on any atom is -0.361 e. The molecule has 3 aliphatic heterocycles. The van der Waals surface area contributed by atoms with Crippen LogP contribution in [0.3, 0.4) is 0 Å². The predicted molar refractivity (Wildman–Crippen MR) is 93.7 cm³/mol. The predicted octanol–water partition coefficient (Wildman–Crippen LogP) is 2.06. The van der Waals surface area contributed by atoms with E-state index in [1.807, 2.05) is 9.80 Å². The maximum atomic E-state index is 13.1. The van der Waals surface area contributed by atoms with Crippen LogP contribution >= 0.6 is 0 Å². The van der Waals surface area contributed by atoms with Crippen LogP contribution in [-0.2, 0) is 0 Å². The summed E-state index contributed by atoms with van der Waals surface area (Å²) >= 11 is 0. The highest BCUT2D eigenvalue weighted by molar-refractivity contribution is 5.97. The molecule has 7 nitrogen and oxygen atoms in total. The van der Waals surface area contributed by atoms with Gasteiger partial charge in [0, 0.05) is 43.6 Å². The third kappa shape index (κ3) is 2.87. The lowest BCUT2D eigenvalue weighted by molar-refractivity contribution is 0.0572. The van der Waals surface area contributed by atoms with Gasteiger partial charge in [-0.3, -0.25) is 14.6 Å². The van der Waals surface area contributed by atoms with Gasteiger partial charge in [0.25, 0.3) is 11.8 Å². The van der Waals surface area contributed by atoms with E-state index in [0.29, 0.717) is 48.1 Å². The first-order chi connectivity index (χ1) is 12.5. The van der Waals surface area contributed by atoms with Crippen LogP contribution in [0.15, 0.2) is 29.0 Å². The molecule has 2 atom stereocenters. The van der Waals surface area contributed by atoms with Crippen molar-refractivity contribution < 1.29 is 14.1 Å². The second kappa shape index (κ2) is 6.55. The van der Waals surface area contributed by atoms with E-state index < -0.39 is 0 Å². The van der Waals surface area contributed by atoms with Gasteiger partial charge in [-0.2, -0.15) is 0 Å². The molecule has 0 radical (unpaired) electrons. The molecule has 7 heteroatoms. The van der Waals surface area contributed by atoms with Crippen LogP contribution < -0.4 is 0 Å². The zero-order valence-corrected chi connectivity index (χ0v) is 15.0. The number of hydrogen-bond acceptors (Lipinski definition) is 5. The zero-order chi connectivity index (χ0) is 18.3. The first kappa shape index (κ1) is 16.8. The van der Waals surface area contributed by atoms with E-state index in [1.54, 1.807) is 38.4 Å². The minimum atomic E-state index is -0.0332. The van der Waals surface area contributed by atoms with Crippen LogP contribution in [0, 0.1) is 19.8 Å². The van der Waals surface area contributed by atoms with E-state index in [2.05, 4.69) is 10.1 Å². The SMILES string of the molecule is Cc1noc(C)c1C(=O)N1C[C@H]2CC[C@@H]1CN(C(=O)c1ccncc1)C2. The normalized spacial score (nSPS) is 22.4. The van der Waals surface area contributed by atoms with Gasteiger partial charge in [-0.25, -0.2) is 0 Å². The zero-order valence-electron chi connectivity index (χ0n) is 15.0. The van der Waals surface area contributed by atoms with Crippen molar-refractivity contribution in [2.45, 2.75) is 32.7 Å². The molecular weight excluding hydrogens is 332 g/mol. The molecule has 5 rings (SSSR count). The Balaban J connectivity index is 1.57. The quantitative estimate of drug-likeness (QED) is 0.825. The monoisotopic (exact) mass is 354 g/mol. The highest BCUT2D eigenvalue weighted by Crippen LogP contribution is 2.31. The molecule has 3 aliphatic rings. The third-order valence-corrected chi connectivity index (χ3v) is 5.44. The molecule has 2 amide bonds. The van der Waals surface area contributed by atoms with Gasteiger partial charge >= 0.3 is 0 Å². The number of carbonyl (C=O) groups is 2. The standard InChI is InChI=1S/C19H22N4O3/c1-12-17(13(2)26-21-12)19(25)23-10-14-3-4-16(23)11-22(9-14)18(24)15-5-7-20-8-6-15/h5-8,14,16H,3-4,9-11H2,1-2H3/t14-,16+/m0/s1. The maximum absolute atomic E-state index is 13.1. The molecule has 0 aliphatic carbocycles. The van der Waals surface area contributed by atoms with Crippen molar-refractivity contribution >= 4 is 11.8 Å². The number of amides is 2. The number of nitrogens with zero attached hydrogens (tertiary/aromatic N) is 4. The fourth-order valence-electron chi connectivity index (χ4n) is 4.11. The van der Waals surface area contributed by atoms with Crippen molar-refractivity contribution in [3.8, 4) is 0 Å². The van der Waals surface area contributed by atoms with E-state index in [4.69, 9.17) is 4.52 Å². The third-order valence-electron chi connectivity index (χ3n) is 5.44. The van der Waals surface area contributed by atoms with Gasteiger partial charge in [0.2, 0.25) is 0 Å². The van der Waals surface area contributed by atoms with Crippen LogP contribution in [0.5, 0.6) is 0 Å². The molecule has 2 bridgehead atoms. The summed E-state index contributed by atoms with van der Waals surface area (Å²) in [7, 11) is 0. The number of aryl methyl sites for hydroxylation is 2. The molecule has 26 heavy (non-hydrogen) atoms. The Kier molecular flexibility index (Phi) is 4.22. The van der Waals surface area contributed by atoms with Crippen molar-refractivity contribution in [2.75, 3.05) is 19.6 Å². The lowest BCUT2D eigenvalue weighted by Gasteiger charge is -2.36. The number of carbonyl (C=O) groups excluding carboxylic acids is 2. The van der Waals surface area contributed by atoms with Crippen LogP contribution in [-0.4, -0.2) is 57.4 Å². The van der Waals surface area contributed by atoms with Gasteiger partial charge in [0.1, 0.15) is 11.3 Å². The van der Waals surface area contributed by atoms with Gasteiger partial charge in [0.05, 0.1) is 5.69 Å². The number of pyridine rings is 1. The summed E-state index contributed by atoms with van der Waals surface area (Å²) in [5.41, 5.74) is 1.83. The van der Waals surface area contributed by atoms with Crippen molar-refractivity contribution in [1.82, 2.24) is 19.9 Å². The van der Waals surface area contributed by atoms with E-state index >= 15 is 0 Å². The van der Waals surface area contributed by atoms with Crippen molar-refractivity contribution in [3.63, 3.8) is 0 Å². The average Bonchev–Trinajstić information content (AvgIpc) is 2.83. The fourth-order valence-corrected chi connectivity index (χ4v) is 4.11. The van der Waals surface area contributed by atoms with E-state index in [1.165, 1.54) is 0 Å². The van der Waals surface area contributed by atoms with E-state index in [-0.39, 0.29) is 17.9 Å². The van der Waals surface area contributed by atoms with Crippen LogP contribution in [0.2, 0.25) is 0 Å². The molecule has 136 valence electrons. The summed E-state index contributed by atoms with van der Waals surface area (Å²) in [4.78, 5) is 33.7. The second-order valence-electron chi connectivity index (χ2n) is 7.20. The van der Waals surface area contributed by atoms with Gasteiger partial charge < -0.3 is 14.3 Å². The van der Waals surface area contributed by atoms with E-state index in [0.717, 1.165) is 12.8 Å². The van der Waals surface area contributed by atoms with Crippen LogP contribution in [0.4, 0.5) is 0 Å². The molecular formula is C19H22N4O3. The Morgan fingerprint density at radius 3 is 2.54 bits per heavy atom. The summed E-state index contributed by atoms with van der Waals surface area (Å²) in [6, 6.07) is 3.50. The van der Waals surface area contributed by atoms with Gasteiger partial charge in [-0.15, -0.1) is 0 Å². The summed E-state index contributed by atoms with van der Waals surface area (Å²) in [6.45, 7) is 5.48. The molecule has 3 fully saturated rings. The van der Waals surface area contributed by atoms with Gasteiger partial charge in [0.15, 0.2) is 0 Å². The summed E-state index contributed by atoms with van der Waals surface area (Å²) in [5, 5.41) is 3.91. The molecule has 3 saturated heterocycles. The molecule has 0 saturated carbocycles. The fraction of sp³-hybridized carbons (Fsp3) is 0.474. The second-order valence-corrected chi connectivity index (χ2v) is 7.20. The highest BCUT2D eigenvalue weighted by atomic mass is 16.5. The van der Waals surface area contributed by atoms with Crippen LogP contribution in [0.25, 0.3) is 0 Å². The topological polar surface area (TPSA) is 79.5 Å². The Bertz CT molecular complexity index is 813. The van der Waals surface area contributed by atoms with Crippen molar-refractivity contribution in [3.05, 3.63) is 47.1 Å². The smallest absolute Gasteiger partial charge is 0.259 e. The lowest BCUT2D eigenvalue weighted by Crippen LogP contribution is -2.48. The molecule has 2 aromatic rings. The molecule has 0 unspecified atom stereocenters. The molecule has 5 heterocycles. The van der Waals surface area contributed by atoms with Gasteiger partial charge in [-0.05, 0) is 44.7 Å². The van der Waals surface area contributed by atoms with E-state index in [9.17, 15) is 9.59 Å². The number of hydrogen-bond donors (Lipinski definition) is 0. The summed E-state index contributed by atoms with van der Waals surface area (Å²) in [6.07, 6.45) is 5.22. The number of aromatic nitrogens is 2. The lowest BCUT2D eigenvalue weighted by atomic mass is 9.94. The summed E-state index contributed by atoms with van der Waals surface area (Å²) in [5.74, 6) is 0.825. The first-order valence-corrected chi connectivity index (χ1v) is 8.97. The number of rotatable bonds is 2. The number of piperidine rings is 1. The maximum Gasteiger partial charge on any atom is 0.259 e. The van der Waals surface area contributed by atoms with Crippen molar-refractivity contribution in [2.24, 2.45) is 5.92 Å². The number of fused-ring (bicyclic) bond motifs is 4. The largest absolute Gasteiger partial charge is 0.361 e. The highest BCUT2D eigenvalue weighted by Gasteiger charge is 2.40.